The number of nitrogens with zero attached hydrogens (tertiary/aromatic N) is 2. The number of amides is 1. The molecule has 0 saturated heterocycles. The summed E-state index contributed by atoms with van der Waals surface area (Å²) in [6, 6.07) is 19.7. The lowest BCUT2D eigenvalue weighted by Gasteiger charge is -2.59. The summed E-state index contributed by atoms with van der Waals surface area (Å²) in [5, 5.41) is 26.5. The maximum absolute atomic E-state index is 13.8. The van der Waals surface area contributed by atoms with Crippen LogP contribution in [0.3, 0.4) is 0 Å². The lowest BCUT2D eigenvalue weighted by molar-refractivity contribution is -0.255. The molecule has 3 aromatic rings. The van der Waals surface area contributed by atoms with E-state index in [0.29, 0.717) is 43.7 Å². The number of rotatable bonds is 18. The summed E-state index contributed by atoms with van der Waals surface area (Å²) in [6.45, 7) is 8.94. The van der Waals surface area contributed by atoms with E-state index in [1.165, 1.54) is 0 Å². The molecule has 3 aliphatic rings. The number of oxime groups is 1. The maximum Gasteiger partial charge on any atom is 0.410 e. The van der Waals surface area contributed by atoms with E-state index in [-0.39, 0.29) is 44.2 Å². The first kappa shape index (κ1) is 39.3. The standard InChI is InChI=1S/C44H56N2O8/c1-5-22-46(43(49)51-7-3)40-29-38(45-50-4)36-27-32(16-10-12-23-47)35(17-11-13-24-48)41-37-28-34(53-33-19-18-30-14-8-9-15-31(30)26-33)20-21-39(37)54-44(40,42(36)41)52-25-6-2/h6,8-9,14-15,18-21,26-28,32,35,40-42,47-48H,2,5,7,10-13,16-17,22-25,29H2,1,3-4H3/t32-,35+,40-,41+,42+,44+/m0/s1. The van der Waals surface area contributed by atoms with Crippen molar-refractivity contribution in [3.8, 4) is 17.2 Å². The van der Waals surface area contributed by atoms with E-state index in [1.54, 1.807) is 18.1 Å². The Bertz CT molecular complexity index is 1810. The number of fused-ring (bicyclic) bond motifs is 3. The summed E-state index contributed by atoms with van der Waals surface area (Å²) in [6.07, 6.45) is 9.45. The Morgan fingerprint density at radius 3 is 2.46 bits per heavy atom. The van der Waals surface area contributed by atoms with Gasteiger partial charge in [0.2, 0.25) is 5.79 Å². The van der Waals surface area contributed by atoms with Crippen molar-refractivity contribution in [3.63, 3.8) is 0 Å². The van der Waals surface area contributed by atoms with E-state index < -0.39 is 23.8 Å². The summed E-state index contributed by atoms with van der Waals surface area (Å²) < 4.78 is 26.4. The predicted molar refractivity (Wildman–Crippen MR) is 210 cm³/mol. The second kappa shape index (κ2) is 18.3. The number of carbonyl (C=O) groups excluding carboxylic acids is 1. The highest BCUT2D eigenvalue weighted by Gasteiger charge is 2.65. The SMILES string of the molecule is C=CCO[C@@]12Oc3ccc(Oc4ccc5ccccc5c4)cc3[C@H]3[C@H](CCCCO)[C@@H](CCCCO)C=C(C(=NOC)C[C@@H]1N(CCC)C(=O)OCC)[C@H]32. The van der Waals surface area contributed by atoms with E-state index in [9.17, 15) is 15.0 Å². The highest BCUT2D eigenvalue weighted by Crippen LogP contribution is 2.62. The topological polar surface area (TPSA) is 119 Å². The molecule has 2 aliphatic carbocycles. The van der Waals surface area contributed by atoms with Crippen LogP contribution in [0.2, 0.25) is 0 Å². The molecule has 54 heavy (non-hydrogen) atoms. The molecule has 0 unspecified atom stereocenters. The minimum atomic E-state index is -1.32. The lowest BCUT2D eigenvalue weighted by Crippen LogP contribution is -2.70. The zero-order valence-corrected chi connectivity index (χ0v) is 32.0. The molecule has 0 spiro atoms. The van der Waals surface area contributed by atoms with E-state index in [1.807, 2.05) is 50.2 Å². The Morgan fingerprint density at radius 1 is 1.00 bits per heavy atom. The van der Waals surface area contributed by atoms with Gasteiger partial charge in [0.1, 0.15) is 30.4 Å². The first-order valence-electron chi connectivity index (χ1n) is 19.6. The molecule has 6 atom stereocenters. The van der Waals surface area contributed by atoms with Crippen LogP contribution in [0.1, 0.15) is 76.7 Å². The number of unbranched alkanes of at least 4 members (excludes halogenated alkanes) is 2. The molecule has 290 valence electrons. The van der Waals surface area contributed by atoms with Crippen LogP contribution >= 0.6 is 0 Å². The average molecular weight is 741 g/mol. The first-order chi connectivity index (χ1) is 26.4. The van der Waals surface area contributed by atoms with Crippen molar-refractivity contribution in [1.82, 2.24) is 4.90 Å². The van der Waals surface area contributed by atoms with Gasteiger partial charge in [0.15, 0.2) is 0 Å². The van der Waals surface area contributed by atoms with Crippen molar-refractivity contribution in [2.24, 2.45) is 22.9 Å². The number of ether oxygens (including phenoxy) is 4. The van der Waals surface area contributed by atoms with Gasteiger partial charge in [-0.25, -0.2) is 4.79 Å². The predicted octanol–water partition coefficient (Wildman–Crippen LogP) is 8.76. The third-order valence-corrected chi connectivity index (χ3v) is 11.1. The van der Waals surface area contributed by atoms with E-state index in [4.69, 9.17) is 23.8 Å². The van der Waals surface area contributed by atoms with Gasteiger partial charge in [0, 0.05) is 37.7 Å². The molecule has 1 saturated carbocycles. The Balaban J connectivity index is 1.56. The fourth-order valence-electron chi connectivity index (χ4n) is 9.01. The van der Waals surface area contributed by atoms with E-state index in [2.05, 4.69) is 42.1 Å². The van der Waals surface area contributed by atoms with Gasteiger partial charge in [-0.3, -0.25) is 4.90 Å². The van der Waals surface area contributed by atoms with Crippen LogP contribution in [-0.4, -0.2) is 78.8 Å². The summed E-state index contributed by atoms with van der Waals surface area (Å²) in [7, 11) is 1.55. The minimum absolute atomic E-state index is 0.110. The smallest absolute Gasteiger partial charge is 0.410 e. The summed E-state index contributed by atoms with van der Waals surface area (Å²) in [4.78, 5) is 21.1. The quantitative estimate of drug-likeness (QED) is 0.0755. The van der Waals surface area contributed by atoms with Crippen molar-refractivity contribution in [3.05, 3.63) is 90.5 Å². The molecular weight excluding hydrogens is 684 g/mol. The first-order valence-corrected chi connectivity index (χ1v) is 19.6. The fraction of sp³-hybridized carbons (Fsp3) is 0.500. The molecule has 0 bridgehead atoms. The molecule has 3 aromatic carbocycles. The fourth-order valence-corrected chi connectivity index (χ4v) is 9.01. The van der Waals surface area contributed by atoms with Crippen LogP contribution in [0, 0.1) is 17.8 Å². The Hall–Kier alpha value is -4.38. The van der Waals surface area contributed by atoms with Gasteiger partial charge >= 0.3 is 6.09 Å². The molecule has 10 nitrogen and oxygen atoms in total. The second-order valence-electron chi connectivity index (χ2n) is 14.5. The molecule has 0 aromatic heterocycles. The van der Waals surface area contributed by atoms with Gasteiger partial charge in [0.25, 0.3) is 0 Å². The van der Waals surface area contributed by atoms with Gasteiger partial charge < -0.3 is 34.0 Å². The molecule has 10 heteroatoms. The molecule has 0 radical (unpaired) electrons. The van der Waals surface area contributed by atoms with Crippen molar-refractivity contribution in [2.45, 2.75) is 83.0 Å². The number of benzene rings is 3. The number of aliphatic hydroxyl groups is 2. The normalized spacial score (nSPS) is 24.9. The number of carbonyl (C=O) groups is 1. The van der Waals surface area contributed by atoms with Gasteiger partial charge in [-0.05, 0) is 97.5 Å². The molecule has 1 amide bonds. The monoisotopic (exact) mass is 740 g/mol. The van der Waals surface area contributed by atoms with Crippen LogP contribution in [0.15, 0.2) is 90.1 Å². The number of hydrogen-bond donors (Lipinski definition) is 2. The van der Waals surface area contributed by atoms with Gasteiger partial charge in [-0.1, -0.05) is 67.4 Å². The summed E-state index contributed by atoms with van der Waals surface area (Å²) in [5.74, 6) is 0.476. The Labute approximate surface area is 319 Å². The zero-order chi connectivity index (χ0) is 38.1. The molecule has 2 N–H and O–H groups in total. The Morgan fingerprint density at radius 2 is 1.74 bits per heavy atom. The Kier molecular flexibility index (Phi) is 13.3. The van der Waals surface area contributed by atoms with Gasteiger partial charge in [-0.15, -0.1) is 6.58 Å². The number of hydrogen-bond acceptors (Lipinski definition) is 9. The van der Waals surface area contributed by atoms with Crippen LogP contribution < -0.4 is 9.47 Å². The van der Waals surface area contributed by atoms with Crippen molar-refractivity contribution in [1.29, 1.82) is 0 Å². The number of allylic oxidation sites excluding steroid dienone is 1. The molecule has 1 aliphatic heterocycles. The van der Waals surface area contributed by atoms with Gasteiger partial charge in [0.05, 0.1) is 24.8 Å². The van der Waals surface area contributed by atoms with E-state index in [0.717, 1.165) is 59.1 Å². The van der Waals surface area contributed by atoms with E-state index >= 15 is 0 Å². The highest BCUT2D eigenvalue weighted by molar-refractivity contribution is 6.03. The summed E-state index contributed by atoms with van der Waals surface area (Å²) >= 11 is 0. The molecule has 1 fully saturated rings. The molecule has 1 heterocycles. The maximum atomic E-state index is 13.8. The third kappa shape index (κ3) is 8.02. The lowest BCUT2D eigenvalue weighted by atomic mass is 9.55. The van der Waals surface area contributed by atoms with Crippen LogP contribution in [-0.2, 0) is 14.3 Å². The summed E-state index contributed by atoms with van der Waals surface area (Å²) in [5.41, 5.74) is 2.73. The second-order valence-corrected chi connectivity index (χ2v) is 14.5. The van der Waals surface area contributed by atoms with Crippen molar-refractivity contribution in [2.75, 3.05) is 40.1 Å². The van der Waals surface area contributed by atoms with Crippen molar-refractivity contribution < 1.29 is 38.8 Å². The minimum Gasteiger partial charge on any atom is -0.459 e. The van der Waals surface area contributed by atoms with Crippen LogP contribution in [0.5, 0.6) is 17.2 Å². The van der Waals surface area contributed by atoms with Crippen LogP contribution in [0.4, 0.5) is 4.79 Å². The van der Waals surface area contributed by atoms with Gasteiger partial charge in [-0.2, -0.15) is 0 Å². The van der Waals surface area contributed by atoms with Crippen molar-refractivity contribution >= 4 is 22.6 Å². The van der Waals surface area contributed by atoms with Crippen LogP contribution in [0.25, 0.3) is 10.8 Å². The largest absolute Gasteiger partial charge is 0.459 e. The molecular formula is C44H56N2O8. The number of aliphatic hydroxyl groups excluding tert-OH is 2. The zero-order valence-electron chi connectivity index (χ0n) is 32.0. The third-order valence-electron chi connectivity index (χ3n) is 11.1. The molecule has 6 rings (SSSR count). The average Bonchev–Trinajstić information content (AvgIpc) is 3.18. The highest BCUT2D eigenvalue weighted by atomic mass is 16.7.